The summed E-state index contributed by atoms with van der Waals surface area (Å²) in [6.45, 7) is 7.95. The number of rotatable bonds is 3. The van der Waals surface area contributed by atoms with Crippen LogP contribution in [0.2, 0.25) is 0 Å². The van der Waals surface area contributed by atoms with Crippen molar-refractivity contribution in [1.29, 1.82) is 0 Å². The van der Waals surface area contributed by atoms with Gasteiger partial charge in [0, 0.05) is 5.92 Å². The van der Waals surface area contributed by atoms with Crippen LogP contribution in [-0.2, 0) is 4.79 Å². The number of hydrogen-bond donors (Lipinski definition) is 1. The third-order valence-electron chi connectivity index (χ3n) is 2.70. The summed E-state index contributed by atoms with van der Waals surface area (Å²) in [6, 6.07) is 1.90. The van der Waals surface area contributed by atoms with Gasteiger partial charge in [0.15, 0.2) is 0 Å². The summed E-state index contributed by atoms with van der Waals surface area (Å²) in [5, 5.41) is 2.87. The van der Waals surface area contributed by atoms with Gasteiger partial charge in [-0.25, -0.2) is 4.98 Å². The summed E-state index contributed by atoms with van der Waals surface area (Å²) in [7, 11) is 0. The van der Waals surface area contributed by atoms with Crippen molar-refractivity contribution >= 4 is 27.5 Å². The van der Waals surface area contributed by atoms with Crippen molar-refractivity contribution in [3.8, 4) is 0 Å². The molecule has 0 spiro atoms. The monoisotopic (exact) mass is 284 g/mol. The Bertz CT molecular complexity index is 391. The molecule has 1 atom stereocenters. The van der Waals surface area contributed by atoms with Gasteiger partial charge in [-0.3, -0.25) is 4.79 Å². The predicted octanol–water partition coefficient (Wildman–Crippen LogP) is 3.38. The maximum absolute atomic E-state index is 11.8. The molecule has 1 unspecified atom stereocenters. The van der Waals surface area contributed by atoms with Gasteiger partial charge in [0.1, 0.15) is 4.60 Å². The first kappa shape index (κ1) is 13.2. The molecule has 88 valence electrons. The summed E-state index contributed by atoms with van der Waals surface area (Å²) in [5.41, 5.74) is 1.76. The number of carbonyl (C=O) groups excluding carboxylic acids is 1. The second-order valence-corrected chi connectivity index (χ2v) is 5.10. The molecule has 1 rings (SSSR count). The molecule has 1 N–H and O–H groups in total. The fourth-order valence-electron chi connectivity index (χ4n) is 1.19. The van der Waals surface area contributed by atoms with Crippen LogP contribution < -0.4 is 5.32 Å². The second-order valence-electron chi connectivity index (χ2n) is 4.35. The maximum atomic E-state index is 11.8. The molecule has 3 nitrogen and oxygen atoms in total. The molecule has 1 aromatic rings. The molecule has 0 bridgehead atoms. The highest BCUT2D eigenvalue weighted by Gasteiger charge is 2.16. The van der Waals surface area contributed by atoms with Crippen molar-refractivity contribution in [2.24, 2.45) is 11.8 Å². The Morgan fingerprint density at radius 2 is 2.06 bits per heavy atom. The van der Waals surface area contributed by atoms with E-state index in [9.17, 15) is 4.79 Å². The SMILES string of the molecule is Cc1cc(NC(=O)C(C)C(C)C)cnc1Br. The Kier molecular flexibility index (Phi) is 4.47. The lowest BCUT2D eigenvalue weighted by molar-refractivity contribution is -0.120. The number of amides is 1. The number of anilines is 1. The Morgan fingerprint density at radius 1 is 1.44 bits per heavy atom. The number of carbonyl (C=O) groups is 1. The van der Waals surface area contributed by atoms with E-state index in [1.54, 1.807) is 6.20 Å². The molecule has 0 saturated carbocycles. The Balaban J connectivity index is 2.74. The average molecular weight is 285 g/mol. The van der Waals surface area contributed by atoms with Crippen LogP contribution in [-0.4, -0.2) is 10.9 Å². The minimum absolute atomic E-state index is 0.00366. The van der Waals surface area contributed by atoms with E-state index in [2.05, 4.69) is 26.2 Å². The number of aromatic nitrogens is 1. The van der Waals surface area contributed by atoms with Crippen molar-refractivity contribution in [2.75, 3.05) is 5.32 Å². The summed E-state index contributed by atoms with van der Waals surface area (Å²) in [5.74, 6) is 0.381. The fraction of sp³-hybridized carbons (Fsp3) is 0.500. The maximum Gasteiger partial charge on any atom is 0.227 e. The molecule has 0 aliphatic carbocycles. The average Bonchev–Trinajstić information content (AvgIpc) is 2.22. The third kappa shape index (κ3) is 3.30. The molecular formula is C12H17BrN2O. The lowest BCUT2D eigenvalue weighted by atomic mass is 9.97. The zero-order chi connectivity index (χ0) is 12.3. The van der Waals surface area contributed by atoms with Crippen LogP contribution in [0, 0.1) is 18.8 Å². The lowest BCUT2D eigenvalue weighted by Gasteiger charge is -2.15. The van der Waals surface area contributed by atoms with E-state index in [1.807, 2.05) is 33.8 Å². The lowest BCUT2D eigenvalue weighted by Crippen LogP contribution is -2.24. The molecule has 0 aliphatic rings. The van der Waals surface area contributed by atoms with Gasteiger partial charge in [-0.2, -0.15) is 0 Å². The molecule has 1 heterocycles. The molecule has 0 aliphatic heterocycles. The highest BCUT2D eigenvalue weighted by molar-refractivity contribution is 9.10. The minimum atomic E-state index is 0.00366. The van der Waals surface area contributed by atoms with Crippen LogP contribution in [0.3, 0.4) is 0 Å². The molecule has 1 amide bonds. The summed E-state index contributed by atoms with van der Waals surface area (Å²) >= 11 is 3.32. The van der Waals surface area contributed by atoms with E-state index in [0.29, 0.717) is 5.92 Å². The molecule has 0 fully saturated rings. The Hall–Kier alpha value is -0.900. The highest BCUT2D eigenvalue weighted by atomic mass is 79.9. The van der Waals surface area contributed by atoms with Gasteiger partial charge in [0.05, 0.1) is 11.9 Å². The molecule has 16 heavy (non-hydrogen) atoms. The number of aryl methyl sites for hydroxylation is 1. The largest absolute Gasteiger partial charge is 0.324 e. The van der Waals surface area contributed by atoms with Crippen molar-refractivity contribution < 1.29 is 4.79 Å². The van der Waals surface area contributed by atoms with Crippen LogP contribution in [0.4, 0.5) is 5.69 Å². The molecule has 1 aromatic heterocycles. The van der Waals surface area contributed by atoms with Crippen molar-refractivity contribution in [3.63, 3.8) is 0 Å². The summed E-state index contributed by atoms with van der Waals surface area (Å²) in [6.07, 6.45) is 1.65. The van der Waals surface area contributed by atoms with Crippen LogP contribution in [0.15, 0.2) is 16.9 Å². The van der Waals surface area contributed by atoms with E-state index >= 15 is 0 Å². The quantitative estimate of drug-likeness (QED) is 0.865. The molecule has 0 radical (unpaired) electrons. The summed E-state index contributed by atoms with van der Waals surface area (Å²) < 4.78 is 0.808. The second kappa shape index (κ2) is 5.43. The van der Waals surface area contributed by atoms with Crippen LogP contribution in [0.1, 0.15) is 26.3 Å². The van der Waals surface area contributed by atoms with E-state index < -0.39 is 0 Å². The first-order valence-corrected chi connectivity index (χ1v) is 6.14. The zero-order valence-corrected chi connectivity index (χ0v) is 11.6. The highest BCUT2D eigenvalue weighted by Crippen LogP contribution is 2.18. The van der Waals surface area contributed by atoms with Gasteiger partial charge in [-0.05, 0) is 40.4 Å². The van der Waals surface area contributed by atoms with Crippen LogP contribution in [0.5, 0.6) is 0 Å². The Labute approximate surface area is 105 Å². The van der Waals surface area contributed by atoms with Crippen molar-refractivity contribution in [2.45, 2.75) is 27.7 Å². The van der Waals surface area contributed by atoms with Gasteiger partial charge in [0.2, 0.25) is 5.91 Å². The molecule has 4 heteroatoms. The first-order valence-electron chi connectivity index (χ1n) is 5.34. The standard InChI is InChI=1S/C12H17BrN2O/c1-7(2)9(4)12(16)15-10-5-8(3)11(13)14-6-10/h5-7,9H,1-4H3,(H,15,16). The molecule has 0 saturated heterocycles. The zero-order valence-electron chi connectivity index (χ0n) is 10.0. The van der Waals surface area contributed by atoms with Gasteiger partial charge in [0.25, 0.3) is 0 Å². The third-order valence-corrected chi connectivity index (χ3v) is 3.53. The van der Waals surface area contributed by atoms with Gasteiger partial charge < -0.3 is 5.32 Å². The van der Waals surface area contributed by atoms with E-state index in [4.69, 9.17) is 0 Å². The number of nitrogens with zero attached hydrogens (tertiary/aromatic N) is 1. The van der Waals surface area contributed by atoms with Crippen molar-refractivity contribution in [1.82, 2.24) is 4.98 Å². The van der Waals surface area contributed by atoms with Gasteiger partial charge in [-0.1, -0.05) is 20.8 Å². The van der Waals surface area contributed by atoms with E-state index in [0.717, 1.165) is 15.9 Å². The smallest absolute Gasteiger partial charge is 0.227 e. The minimum Gasteiger partial charge on any atom is -0.324 e. The normalized spacial score (nSPS) is 12.6. The number of pyridine rings is 1. The first-order chi connectivity index (χ1) is 7.41. The van der Waals surface area contributed by atoms with Gasteiger partial charge >= 0.3 is 0 Å². The number of hydrogen-bond acceptors (Lipinski definition) is 2. The van der Waals surface area contributed by atoms with E-state index in [1.165, 1.54) is 0 Å². The fourth-order valence-corrected chi connectivity index (χ4v) is 1.40. The molecular weight excluding hydrogens is 268 g/mol. The Morgan fingerprint density at radius 3 is 2.56 bits per heavy atom. The summed E-state index contributed by atoms with van der Waals surface area (Å²) in [4.78, 5) is 15.9. The van der Waals surface area contributed by atoms with Crippen LogP contribution in [0.25, 0.3) is 0 Å². The van der Waals surface area contributed by atoms with Crippen LogP contribution >= 0.6 is 15.9 Å². The number of halogens is 1. The van der Waals surface area contributed by atoms with Gasteiger partial charge in [-0.15, -0.1) is 0 Å². The number of nitrogens with one attached hydrogen (secondary N) is 1. The van der Waals surface area contributed by atoms with Crippen molar-refractivity contribution in [3.05, 3.63) is 22.4 Å². The predicted molar refractivity (Wildman–Crippen MR) is 69.3 cm³/mol. The van der Waals surface area contributed by atoms with E-state index in [-0.39, 0.29) is 11.8 Å². The topological polar surface area (TPSA) is 42.0 Å². The molecule has 0 aromatic carbocycles.